The molecule has 96 valence electrons. The molecule has 0 saturated heterocycles. The molecule has 0 amide bonds. The van der Waals surface area contributed by atoms with Crippen molar-refractivity contribution >= 4 is 5.96 Å². The number of ether oxygens (including phenoxy) is 1. The van der Waals surface area contributed by atoms with Gasteiger partial charge in [-0.25, -0.2) is 0 Å². The number of guanidine groups is 1. The number of rotatable bonds is 7. The van der Waals surface area contributed by atoms with Gasteiger partial charge in [0, 0.05) is 32.9 Å². The second-order valence-corrected chi connectivity index (χ2v) is 3.39. The number of aliphatic imine (C=N–C) groups is 1. The van der Waals surface area contributed by atoms with E-state index in [1.807, 2.05) is 13.0 Å². The van der Waals surface area contributed by atoms with Crippen molar-refractivity contribution in [1.82, 2.24) is 15.8 Å². The number of hydrogen-bond donors (Lipinski definition) is 2. The van der Waals surface area contributed by atoms with Crippen molar-refractivity contribution in [3.63, 3.8) is 0 Å². The van der Waals surface area contributed by atoms with Crippen LogP contribution in [0.25, 0.3) is 0 Å². The molecular weight excluding hydrogens is 220 g/mol. The highest BCUT2D eigenvalue weighted by atomic mass is 16.5. The molecule has 17 heavy (non-hydrogen) atoms. The SMILES string of the molecule is CCOCCCNC(=NC)NCc1ccon1. The maximum atomic E-state index is 5.25. The Balaban J connectivity index is 2.12. The predicted molar refractivity (Wildman–Crippen MR) is 65.8 cm³/mol. The Hall–Kier alpha value is -1.56. The quantitative estimate of drug-likeness (QED) is 0.418. The van der Waals surface area contributed by atoms with Crippen LogP contribution in [-0.2, 0) is 11.3 Å². The summed E-state index contributed by atoms with van der Waals surface area (Å²) in [5.74, 6) is 0.754. The third-order valence-electron chi connectivity index (χ3n) is 2.11. The zero-order valence-corrected chi connectivity index (χ0v) is 10.4. The van der Waals surface area contributed by atoms with Crippen molar-refractivity contribution in [3.05, 3.63) is 18.0 Å². The van der Waals surface area contributed by atoms with Gasteiger partial charge in [0.1, 0.15) is 12.0 Å². The summed E-state index contributed by atoms with van der Waals surface area (Å²) in [5, 5.41) is 10.1. The Kier molecular flexibility index (Phi) is 6.81. The topological polar surface area (TPSA) is 71.7 Å². The van der Waals surface area contributed by atoms with E-state index in [2.05, 4.69) is 20.8 Å². The summed E-state index contributed by atoms with van der Waals surface area (Å²) in [6.07, 6.45) is 2.51. The number of nitrogens with one attached hydrogen (secondary N) is 2. The smallest absolute Gasteiger partial charge is 0.191 e. The van der Waals surface area contributed by atoms with Gasteiger partial charge in [-0.05, 0) is 13.3 Å². The Labute approximate surface area is 101 Å². The molecule has 0 spiro atoms. The maximum Gasteiger partial charge on any atom is 0.191 e. The van der Waals surface area contributed by atoms with Crippen LogP contribution in [0.2, 0.25) is 0 Å². The minimum atomic E-state index is 0.599. The van der Waals surface area contributed by atoms with Gasteiger partial charge in [0.05, 0.1) is 6.54 Å². The van der Waals surface area contributed by atoms with Gasteiger partial charge in [-0.2, -0.15) is 0 Å². The van der Waals surface area contributed by atoms with Gasteiger partial charge in [0.2, 0.25) is 0 Å². The molecule has 0 aliphatic rings. The third-order valence-corrected chi connectivity index (χ3v) is 2.11. The molecule has 2 N–H and O–H groups in total. The summed E-state index contributed by atoms with van der Waals surface area (Å²) < 4.78 is 9.98. The van der Waals surface area contributed by atoms with Crippen LogP contribution in [0.15, 0.2) is 21.8 Å². The van der Waals surface area contributed by atoms with Crippen LogP contribution < -0.4 is 10.6 Å². The largest absolute Gasteiger partial charge is 0.382 e. The van der Waals surface area contributed by atoms with E-state index in [0.29, 0.717) is 6.54 Å². The molecule has 0 atom stereocenters. The summed E-state index contributed by atoms with van der Waals surface area (Å²) in [7, 11) is 1.74. The fourth-order valence-electron chi connectivity index (χ4n) is 1.25. The molecule has 0 saturated carbocycles. The van der Waals surface area contributed by atoms with Gasteiger partial charge in [-0.3, -0.25) is 4.99 Å². The van der Waals surface area contributed by atoms with E-state index in [4.69, 9.17) is 9.26 Å². The lowest BCUT2D eigenvalue weighted by Crippen LogP contribution is -2.37. The van der Waals surface area contributed by atoms with E-state index in [1.165, 1.54) is 0 Å². The van der Waals surface area contributed by atoms with E-state index in [-0.39, 0.29) is 0 Å². The Morgan fingerprint density at radius 3 is 3.06 bits per heavy atom. The maximum absolute atomic E-state index is 5.25. The minimum Gasteiger partial charge on any atom is -0.382 e. The first-order valence-electron chi connectivity index (χ1n) is 5.78. The molecule has 1 aromatic heterocycles. The fourth-order valence-corrected chi connectivity index (χ4v) is 1.25. The summed E-state index contributed by atoms with van der Waals surface area (Å²) in [6.45, 7) is 4.95. The zero-order valence-electron chi connectivity index (χ0n) is 10.4. The Morgan fingerprint density at radius 2 is 2.41 bits per heavy atom. The van der Waals surface area contributed by atoms with Crippen LogP contribution >= 0.6 is 0 Å². The van der Waals surface area contributed by atoms with E-state index in [9.17, 15) is 0 Å². The molecule has 0 fully saturated rings. The standard InChI is InChI=1S/C11H20N4O2/c1-3-16-7-4-6-13-11(12-2)14-9-10-5-8-17-15-10/h5,8H,3-4,6-7,9H2,1-2H3,(H2,12,13,14). The van der Waals surface area contributed by atoms with E-state index in [0.717, 1.165) is 37.8 Å². The Morgan fingerprint density at radius 1 is 1.53 bits per heavy atom. The van der Waals surface area contributed by atoms with Crippen LogP contribution in [0.1, 0.15) is 19.0 Å². The minimum absolute atomic E-state index is 0.599. The van der Waals surface area contributed by atoms with Crippen molar-refractivity contribution in [2.75, 3.05) is 26.8 Å². The Bertz CT molecular complexity index is 311. The summed E-state index contributed by atoms with van der Waals surface area (Å²) in [5.41, 5.74) is 0.849. The second-order valence-electron chi connectivity index (χ2n) is 3.39. The lowest BCUT2D eigenvalue weighted by molar-refractivity contribution is 0.145. The first-order valence-corrected chi connectivity index (χ1v) is 5.78. The summed E-state index contributed by atoms with van der Waals surface area (Å²) in [6, 6.07) is 1.81. The lowest BCUT2D eigenvalue weighted by Gasteiger charge is -2.10. The lowest BCUT2D eigenvalue weighted by atomic mass is 10.4. The molecule has 0 bridgehead atoms. The van der Waals surface area contributed by atoms with Gasteiger partial charge in [-0.15, -0.1) is 0 Å². The fraction of sp³-hybridized carbons (Fsp3) is 0.636. The average Bonchev–Trinajstić information content (AvgIpc) is 2.86. The van der Waals surface area contributed by atoms with Crippen molar-refractivity contribution < 1.29 is 9.26 Å². The second kappa shape index (κ2) is 8.58. The van der Waals surface area contributed by atoms with Gasteiger partial charge in [0.15, 0.2) is 5.96 Å². The van der Waals surface area contributed by atoms with Crippen LogP contribution in [-0.4, -0.2) is 37.9 Å². The average molecular weight is 240 g/mol. The normalized spacial score (nSPS) is 11.5. The number of aromatic nitrogens is 1. The highest BCUT2D eigenvalue weighted by molar-refractivity contribution is 5.79. The number of nitrogens with zero attached hydrogens (tertiary/aromatic N) is 2. The molecule has 1 aromatic rings. The zero-order chi connectivity index (χ0) is 12.3. The first kappa shape index (κ1) is 13.5. The first-order chi connectivity index (χ1) is 8.36. The molecule has 1 heterocycles. The molecule has 0 aromatic carbocycles. The third kappa shape index (κ3) is 5.91. The van der Waals surface area contributed by atoms with Crippen LogP contribution in [0.5, 0.6) is 0 Å². The molecule has 0 aliphatic carbocycles. The summed E-state index contributed by atoms with van der Waals surface area (Å²) in [4.78, 5) is 4.10. The molecular formula is C11H20N4O2. The molecule has 6 nitrogen and oxygen atoms in total. The van der Waals surface area contributed by atoms with E-state index in [1.54, 1.807) is 13.3 Å². The van der Waals surface area contributed by atoms with Crippen LogP contribution in [0.3, 0.4) is 0 Å². The van der Waals surface area contributed by atoms with Gasteiger partial charge in [0.25, 0.3) is 0 Å². The molecule has 1 rings (SSSR count). The molecule has 0 aliphatic heterocycles. The molecule has 0 radical (unpaired) electrons. The molecule has 0 unspecified atom stereocenters. The van der Waals surface area contributed by atoms with Crippen molar-refractivity contribution in [3.8, 4) is 0 Å². The number of hydrogen-bond acceptors (Lipinski definition) is 4. The van der Waals surface area contributed by atoms with Gasteiger partial charge >= 0.3 is 0 Å². The van der Waals surface area contributed by atoms with E-state index < -0.39 is 0 Å². The molecule has 6 heteroatoms. The predicted octanol–water partition coefficient (Wildman–Crippen LogP) is 0.766. The van der Waals surface area contributed by atoms with Gasteiger partial charge < -0.3 is 19.9 Å². The van der Waals surface area contributed by atoms with E-state index >= 15 is 0 Å². The van der Waals surface area contributed by atoms with Gasteiger partial charge in [-0.1, -0.05) is 5.16 Å². The summed E-state index contributed by atoms with van der Waals surface area (Å²) >= 11 is 0. The highest BCUT2D eigenvalue weighted by Crippen LogP contribution is 1.92. The van der Waals surface area contributed by atoms with Crippen molar-refractivity contribution in [1.29, 1.82) is 0 Å². The highest BCUT2D eigenvalue weighted by Gasteiger charge is 1.99. The van der Waals surface area contributed by atoms with Crippen LogP contribution in [0.4, 0.5) is 0 Å². The monoisotopic (exact) mass is 240 g/mol. The van der Waals surface area contributed by atoms with Crippen molar-refractivity contribution in [2.24, 2.45) is 4.99 Å². The van der Waals surface area contributed by atoms with Crippen LogP contribution in [0, 0.1) is 0 Å². The van der Waals surface area contributed by atoms with Crippen molar-refractivity contribution in [2.45, 2.75) is 19.9 Å².